The molecule has 0 saturated carbocycles. The number of hydrogen-bond acceptors (Lipinski definition) is 4. The van der Waals surface area contributed by atoms with Gasteiger partial charge in [-0.25, -0.2) is 0 Å². The number of aliphatic hydroxyl groups excluding tert-OH is 3. The highest BCUT2D eigenvalue weighted by atomic mass is 16.3. The fraction of sp³-hybridized carbons (Fsp3) is 0.778. The Labute approximate surface area is 78.9 Å². The zero-order valence-corrected chi connectivity index (χ0v) is 8.25. The fourth-order valence-corrected chi connectivity index (χ4v) is 0.880. The van der Waals surface area contributed by atoms with Gasteiger partial charge in [0, 0.05) is 0 Å². The largest absolute Gasteiger partial charge is 0.394 e. The lowest BCUT2D eigenvalue weighted by Gasteiger charge is -2.32. The maximum absolute atomic E-state index is 9.42. The molecule has 4 heteroatoms. The van der Waals surface area contributed by atoms with Gasteiger partial charge in [-0.1, -0.05) is 13.5 Å². The van der Waals surface area contributed by atoms with Crippen molar-refractivity contribution < 1.29 is 15.3 Å². The van der Waals surface area contributed by atoms with Crippen LogP contribution in [-0.4, -0.2) is 40.3 Å². The number of rotatable bonds is 6. The third-order valence-electron chi connectivity index (χ3n) is 2.19. The summed E-state index contributed by atoms with van der Waals surface area (Å²) >= 11 is 0. The molecule has 0 amide bonds. The van der Waals surface area contributed by atoms with E-state index in [0.29, 0.717) is 12.0 Å². The molecule has 0 rings (SSSR count). The summed E-state index contributed by atoms with van der Waals surface area (Å²) < 4.78 is 0. The van der Waals surface area contributed by atoms with Crippen LogP contribution in [0.3, 0.4) is 0 Å². The number of nitrogens with one attached hydrogen (secondary N) is 1. The molecule has 1 unspecified atom stereocenters. The highest BCUT2D eigenvalue weighted by molar-refractivity contribution is 4.99. The first-order chi connectivity index (χ1) is 6.01. The summed E-state index contributed by atoms with van der Waals surface area (Å²) in [6.45, 7) is 6.63. The van der Waals surface area contributed by atoms with E-state index < -0.39 is 11.8 Å². The minimum atomic E-state index is -0.890. The smallest absolute Gasteiger partial charge is 0.127 e. The molecule has 0 bridgehead atoms. The molecule has 1 atom stereocenters. The lowest BCUT2D eigenvalue weighted by molar-refractivity contribution is 0.0377. The summed E-state index contributed by atoms with van der Waals surface area (Å²) in [5.41, 5.74) is -0.266. The van der Waals surface area contributed by atoms with Gasteiger partial charge in [0.1, 0.15) is 6.23 Å². The van der Waals surface area contributed by atoms with Crippen LogP contribution in [-0.2, 0) is 0 Å². The molecule has 0 fully saturated rings. The molecule has 0 aromatic rings. The van der Waals surface area contributed by atoms with Gasteiger partial charge in [-0.2, -0.15) is 0 Å². The summed E-state index contributed by atoms with van der Waals surface area (Å²) in [6.07, 6.45) is -0.358. The number of hydrogen-bond donors (Lipinski definition) is 4. The van der Waals surface area contributed by atoms with Crippen molar-refractivity contribution >= 4 is 0 Å². The molecule has 78 valence electrons. The molecule has 0 aromatic carbocycles. The van der Waals surface area contributed by atoms with Crippen LogP contribution >= 0.6 is 0 Å². The van der Waals surface area contributed by atoms with Gasteiger partial charge >= 0.3 is 0 Å². The average molecular weight is 189 g/mol. The Kier molecular flexibility index (Phi) is 5.17. The summed E-state index contributed by atoms with van der Waals surface area (Å²) in [7, 11) is 0. The van der Waals surface area contributed by atoms with Crippen LogP contribution in [0.25, 0.3) is 0 Å². The van der Waals surface area contributed by atoms with Crippen molar-refractivity contribution in [3.05, 3.63) is 12.2 Å². The van der Waals surface area contributed by atoms with Gasteiger partial charge in [-0.15, -0.1) is 0 Å². The standard InChI is InChI=1S/C9H19NO3/c1-4-9(5-11,6-12)10-8(13)7(2)3/h8,10-13H,2,4-6H2,1,3H3. The molecule has 0 aliphatic heterocycles. The summed E-state index contributed by atoms with van der Waals surface area (Å²) in [6, 6.07) is 0. The Morgan fingerprint density at radius 2 is 1.92 bits per heavy atom. The Bertz CT molecular complexity index is 158. The molecule has 0 aromatic heterocycles. The van der Waals surface area contributed by atoms with E-state index in [1.165, 1.54) is 0 Å². The molecular weight excluding hydrogens is 170 g/mol. The van der Waals surface area contributed by atoms with Crippen LogP contribution in [0, 0.1) is 0 Å². The molecule has 4 N–H and O–H groups in total. The molecule has 0 spiro atoms. The van der Waals surface area contributed by atoms with E-state index in [4.69, 9.17) is 10.2 Å². The van der Waals surface area contributed by atoms with Crippen molar-refractivity contribution in [3.8, 4) is 0 Å². The highest BCUT2D eigenvalue weighted by Gasteiger charge is 2.28. The number of aliphatic hydroxyl groups is 3. The average Bonchev–Trinajstić information content (AvgIpc) is 2.14. The fourth-order valence-electron chi connectivity index (χ4n) is 0.880. The zero-order chi connectivity index (χ0) is 10.5. The van der Waals surface area contributed by atoms with Gasteiger partial charge in [0.2, 0.25) is 0 Å². The predicted octanol–water partition coefficient (Wildman–Crippen LogP) is -0.396. The quantitative estimate of drug-likeness (QED) is 0.339. The van der Waals surface area contributed by atoms with Gasteiger partial charge < -0.3 is 15.3 Å². The Morgan fingerprint density at radius 1 is 1.46 bits per heavy atom. The molecule has 13 heavy (non-hydrogen) atoms. The molecule has 4 nitrogen and oxygen atoms in total. The summed E-state index contributed by atoms with van der Waals surface area (Å²) in [5, 5.41) is 30.2. The molecule has 0 aliphatic rings. The predicted molar refractivity (Wildman–Crippen MR) is 51.2 cm³/mol. The van der Waals surface area contributed by atoms with Crippen LogP contribution in [0.15, 0.2) is 12.2 Å². The molecule has 0 saturated heterocycles. The zero-order valence-electron chi connectivity index (χ0n) is 8.25. The van der Waals surface area contributed by atoms with Crippen LogP contribution in [0.5, 0.6) is 0 Å². The van der Waals surface area contributed by atoms with Crippen LogP contribution in [0.4, 0.5) is 0 Å². The van der Waals surface area contributed by atoms with Crippen LogP contribution in [0.2, 0.25) is 0 Å². The normalized spacial score (nSPS) is 14.2. The second-order valence-electron chi connectivity index (χ2n) is 3.34. The van der Waals surface area contributed by atoms with Crippen molar-refractivity contribution in [2.75, 3.05) is 13.2 Å². The lowest BCUT2D eigenvalue weighted by Crippen LogP contribution is -2.55. The Morgan fingerprint density at radius 3 is 2.15 bits per heavy atom. The van der Waals surface area contributed by atoms with Crippen LogP contribution < -0.4 is 5.32 Å². The maximum Gasteiger partial charge on any atom is 0.127 e. The van der Waals surface area contributed by atoms with Crippen molar-refractivity contribution in [2.24, 2.45) is 0 Å². The first kappa shape index (κ1) is 12.6. The maximum atomic E-state index is 9.42. The minimum absolute atomic E-state index is 0.218. The van der Waals surface area contributed by atoms with E-state index in [1.54, 1.807) is 6.92 Å². The van der Waals surface area contributed by atoms with Crippen molar-refractivity contribution in [3.63, 3.8) is 0 Å². The summed E-state index contributed by atoms with van der Waals surface area (Å²) in [4.78, 5) is 0. The SMILES string of the molecule is C=C(C)C(O)NC(CC)(CO)CO. The first-order valence-corrected chi connectivity index (χ1v) is 4.34. The summed E-state index contributed by atoms with van der Waals surface area (Å²) in [5.74, 6) is 0. The van der Waals surface area contributed by atoms with Crippen molar-refractivity contribution in [2.45, 2.75) is 32.0 Å². The van der Waals surface area contributed by atoms with E-state index in [9.17, 15) is 5.11 Å². The highest BCUT2D eigenvalue weighted by Crippen LogP contribution is 2.10. The third kappa shape index (κ3) is 3.44. The monoisotopic (exact) mass is 189 g/mol. The van der Waals surface area contributed by atoms with E-state index >= 15 is 0 Å². The van der Waals surface area contributed by atoms with Crippen LogP contribution in [0.1, 0.15) is 20.3 Å². The van der Waals surface area contributed by atoms with Gasteiger partial charge in [0.05, 0.1) is 18.8 Å². The molecular formula is C9H19NO3. The topological polar surface area (TPSA) is 72.7 Å². The van der Waals surface area contributed by atoms with E-state index in [2.05, 4.69) is 11.9 Å². The van der Waals surface area contributed by atoms with E-state index in [0.717, 1.165) is 0 Å². The second kappa shape index (κ2) is 5.34. The molecule has 0 heterocycles. The Hall–Kier alpha value is -0.420. The first-order valence-electron chi connectivity index (χ1n) is 4.34. The third-order valence-corrected chi connectivity index (χ3v) is 2.19. The van der Waals surface area contributed by atoms with Gasteiger partial charge in [-0.3, -0.25) is 5.32 Å². The molecule has 0 aliphatic carbocycles. The van der Waals surface area contributed by atoms with Gasteiger partial charge in [-0.05, 0) is 18.9 Å². The van der Waals surface area contributed by atoms with Gasteiger partial charge in [0.15, 0.2) is 0 Å². The van der Waals surface area contributed by atoms with Crippen molar-refractivity contribution in [1.82, 2.24) is 5.32 Å². The molecule has 0 radical (unpaired) electrons. The van der Waals surface area contributed by atoms with Gasteiger partial charge in [0.25, 0.3) is 0 Å². The van der Waals surface area contributed by atoms with E-state index in [1.807, 2.05) is 6.92 Å². The van der Waals surface area contributed by atoms with Crippen molar-refractivity contribution in [1.29, 1.82) is 0 Å². The lowest BCUT2D eigenvalue weighted by atomic mass is 9.98. The Balaban J connectivity index is 4.32. The second-order valence-corrected chi connectivity index (χ2v) is 3.34. The minimum Gasteiger partial charge on any atom is -0.394 e. The van der Waals surface area contributed by atoms with E-state index in [-0.39, 0.29) is 13.2 Å².